The van der Waals surface area contributed by atoms with E-state index in [1.165, 1.54) is 24.9 Å². The molecule has 2 aromatic rings. The van der Waals surface area contributed by atoms with Crippen molar-refractivity contribution in [2.75, 3.05) is 42.3 Å². The number of anilines is 3. The van der Waals surface area contributed by atoms with Gasteiger partial charge in [-0.1, -0.05) is 0 Å². The first-order valence-electron chi connectivity index (χ1n) is 10.1. The number of hydrogen-bond acceptors (Lipinski definition) is 5. The molecule has 1 aliphatic heterocycles. The fourth-order valence-electron chi connectivity index (χ4n) is 3.33. The maximum atomic E-state index is 12.4. The van der Waals surface area contributed by atoms with Crippen molar-refractivity contribution in [1.29, 1.82) is 0 Å². The fraction of sp³-hybridized carbons (Fsp3) is 0.391. The molecule has 1 heterocycles. The van der Waals surface area contributed by atoms with Crippen molar-refractivity contribution in [3.63, 3.8) is 0 Å². The molecule has 0 aromatic heterocycles. The Balaban J connectivity index is 1.53. The van der Waals surface area contributed by atoms with E-state index in [0.717, 1.165) is 18.8 Å². The summed E-state index contributed by atoms with van der Waals surface area (Å²) in [4.78, 5) is 29.0. The number of piperidine rings is 1. The van der Waals surface area contributed by atoms with Crippen LogP contribution in [0.4, 0.5) is 17.1 Å². The molecule has 1 saturated heterocycles. The van der Waals surface area contributed by atoms with E-state index < -0.39 is 12.1 Å². The monoisotopic (exact) mass is 395 g/mol. The molecule has 6 heteroatoms. The van der Waals surface area contributed by atoms with E-state index in [4.69, 9.17) is 4.74 Å². The summed E-state index contributed by atoms with van der Waals surface area (Å²) in [6.07, 6.45) is 2.84. The Kier molecular flexibility index (Phi) is 6.75. The lowest BCUT2D eigenvalue weighted by atomic mass is 10.1. The molecule has 0 unspecified atom stereocenters. The van der Waals surface area contributed by atoms with E-state index in [1.54, 1.807) is 19.1 Å². The van der Waals surface area contributed by atoms with Crippen LogP contribution >= 0.6 is 0 Å². The lowest BCUT2D eigenvalue weighted by Crippen LogP contribution is -2.30. The Hall–Kier alpha value is -3.02. The number of hydrogen-bond donors (Lipinski definition) is 1. The molecule has 0 spiro atoms. The standard InChI is InChI=1S/C23H29N3O3/c1-17(29-23(28)18-7-11-20(12-8-18)25(2)3)22(27)24-19-9-13-21(14-10-19)26-15-5-4-6-16-26/h7-14,17H,4-6,15-16H2,1-3H3,(H,24,27)/t17-/m0/s1. The van der Waals surface area contributed by atoms with Crippen LogP contribution in [0.5, 0.6) is 0 Å². The number of rotatable bonds is 6. The molecular weight excluding hydrogens is 366 g/mol. The number of amides is 1. The molecule has 0 aliphatic carbocycles. The highest BCUT2D eigenvalue weighted by molar-refractivity contribution is 5.97. The predicted octanol–water partition coefficient (Wildman–Crippen LogP) is 3.93. The van der Waals surface area contributed by atoms with Crippen LogP contribution in [0.2, 0.25) is 0 Å². The number of carbonyl (C=O) groups excluding carboxylic acids is 2. The van der Waals surface area contributed by atoms with Crippen LogP contribution in [0.25, 0.3) is 0 Å². The summed E-state index contributed by atoms with van der Waals surface area (Å²) < 4.78 is 5.32. The molecule has 2 aromatic carbocycles. The minimum absolute atomic E-state index is 0.353. The molecule has 0 bridgehead atoms. The second-order valence-corrected chi connectivity index (χ2v) is 7.57. The van der Waals surface area contributed by atoms with Gasteiger partial charge in [0.2, 0.25) is 0 Å². The van der Waals surface area contributed by atoms with Crippen LogP contribution in [-0.4, -0.2) is 45.2 Å². The highest BCUT2D eigenvalue weighted by Crippen LogP contribution is 2.22. The predicted molar refractivity (Wildman–Crippen MR) is 117 cm³/mol. The lowest BCUT2D eigenvalue weighted by Gasteiger charge is -2.28. The van der Waals surface area contributed by atoms with Crippen molar-refractivity contribution < 1.29 is 14.3 Å². The van der Waals surface area contributed by atoms with Gasteiger partial charge < -0.3 is 19.9 Å². The molecular formula is C23H29N3O3. The maximum Gasteiger partial charge on any atom is 0.338 e. The number of carbonyl (C=O) groups is 2. The number of benzene rings is 2. The van der Waals surface area contributed by atoms with Crippen molar-refractivity contribution in [3.8, 4) is 0 Å². The van der Waals surface area contributed by atoms with Crippen LogP contribution < -0.4 is 15.1 Å². The van der Waals surface area contributed by atoms with Gasteiger partial charge in [0, 0.05) is 44.2 Å². The van der Waals surface area contributed by atoms with Crippen LogP contribution in [0.1, 0.15) is 36.5 Å². The van der Waals surface area contributed by atoms with Crippen molar-refractivity contribution in [1.82, 2.24) is 0 Å². The van der Waals surface area contributed by atoms with E-state index >= 15 is 0 Å². The maximum absolute atomic E-state index is 12.4. The molecule has 1 aliphatic rings. The highest BCUT2D eigenvalue weighted by Gasteiger charge is 2.19. The SMILES string of the molecule is C[C@H](OC(=O)c1ccc(N(C)C)cc1)C(=O)Nc1ccc(N2CCCCC2)cc1. The summed E-state index contributed by atoms with van der Waals surface area (Å²) in [5, 5.41) is 2.81. The number of nitrogens with zero attached hydrogens (tertiary/aromatic N) is 2. The van der Waals surface area contributed by atoms with E-state index in [2.05, 4.69) is 10.2 Å². The van der Waals surface area contributed by atoms with Gasteiger partial charge in [0.25, 0.3) is 5.91 Å². The van der Waals surface area contributed by atoms with Gasteiger partial charge in [-0.2, -0.15) is 0 Å². The van der Waals surface area contributed by atoms with E-state index in [1.807, 2.05) is 55.4 Å². The van der Waals surface area contributed by atoms with Gasteiger partial charge in [-0.25, -0.2) is 4.79 Å². The first kappa shape index (κ1) is 20.7. The summed E-state index contributed by atoms with van der Waals surface area (Å²) >= 11 is 0. The smallest absolute Gasteiger partial charge is 0.338 e. The second kappa shape index (κ2) is 9.45. The van der Waals surface area contributed by atoms with Gasteiger partial charge in [0.15, 0.2) is 6.10 Å². The first-order chi connectivity index (χ1) is 13.9. The van der Waals surface area contributed by atoms with Crippen LogP contribution in [-0.2, 0) is 9.53 Å². The number of ether oxygens (including phenoxy) is 1. The fourth-order valence-corrected chi connectivity index (χ4v) is 3.33. The molecule has 0 radical (unpaired) electrons. The van der Waals surface area contributed by atoms with Crippen LogP contribution in [0.3, 0.4) is 0 Å². The lowest BCUT2D eigenvalue weighted by molar-refractivity contribution is -0.123. The van der Waals surface area contributed by atoms with E-state index in [0.29, 0.717) is 11.3 Å². The van der Waals surface area contributed by atoms with Crippen molar-refractivity contribution in [2.45, 2.75) is 32.3 Å². The van der Waals surface area contributed by atoms with E-state index in [-0.39, 0.29) is 5.91 Å². The molecule has 1 N–H and O–H groups in total. The minimum Gasteiger partial charge on any atom is -0.449 e. The zero-order valence-corrected chi connectivity index (χ0v) is 17.4. The normalized spacial score (nSPS) is 14.8. The first-order valence-corrected chi connectivity index (χ1v) is 10.1. The Morgan fingerprint density at radius 1 is 0.966 bits per heavy atom. The Morgan fingerprint density at radius 2 is 1.59 bits per heavy atom. The molecule has 3 rings (SSSR count). The minimum atomic E-state index is -0.891. The van der Waals surface area contributed by atoms with E-state index in [9.17, 15) is 9.59 Å². The summed E-state index contributed by atoms with van der Waals surface area (Å²) in [7, 11) is 3.86. The second-order valence-electron chi connectivity index (χ2n) is 7.57. The Labute approximate surface area is 172 Å². The summed E-state index contributed by atoms with van der Waals surface area (Å²) in [5.41, 5.74) is 3.26. The third-order valence-electron chi connectivity index (χ3n) is 5.13. The van der Waals surface area contributed by atoms with Crippen LogP contribution in [0.15, 0.2) is 48.5 Å². The third-order valence-corrected chi connectivity index (χ3v) is 5.13. The number of nitrogens with one attached hydrogen (secondary N) is 1. The molecule has 29 heavy (non-hydrogen) atoms. The zero-order chi connectivity index (χ0) is 20.8. The van der Waals surface area contributed by atoms with Gasteiger partial charge in [-0.3, -0.25) is 4.79 Å². The summed E-state index contributed by atoms with van der Waals surface area (Å²) in [6.45, 7) is 3.73. The number of esters is 1. The molecule has 0 saturated carbocycles. The Morgan fingerprint density at radius 3 is 2.17 bits per heavy atom. The van der Waals surface area contributed by atoms with Crippen molar-refractivity contribution >= 4 is 28.9 Å². The summed E-state index contributed by atoms with van der Waals surface area (Å²) in [6, 6.07) is 14.9. The molecule has 1 fully saturated rings. The summed E-state index contributed by atoms with van der Waals surface area (Å²) in [5.74, 6) is -0.868. The quantitative estimate of drug-likeness (QED) is 0.751. The molecule has 154 valence electrons. The topological polar surface area (TPSA) is 61.9 Å². The van der Waals surface area contributed by atoms with Gasteiger partial charge >= 0.3 is 5.97 Å². The largest absolute Gasteiger partial charge is 0.449 e. The third kappa shape index (κ3) is 5.50. The zero-order valence-electron chi connectivity index (χ0n) is 17.4. The molecule has 1 amide bonds. The Bertz CT molecular complexity index is 825. The van der Waals surface area contributed by atoms with Gasteiger partial charge in [-0.15, -0.1) is 0 Å². The van der Waals surface area contributed by atoms with Crippen molar-refractivity contribution in [3.05, 3.63) is 54.1 Å². The van der Waals surface area contributed by atoms with Gasteiger partial charge in [0.1, 0.15) is 0 Å². The van der Waals surface area contributed by atoms with Crippen LogP contribution in [0, 0.1) is 0 Å². The average Bonchev–Trinajstić information content (AvgIpc) is 2.74. The molecule has 6 nitrogen and oxygen atoms in total. The van der Waals surface area contributed by atoms with Gasteiger partial charge in [0.05, 0.1) is 5.56 Å². The van der Waals surface area contributed by atoms with Gasteiger partial charge in [-0.05, 0) is 74.7 Å². The highest BCUT2D eigenvalue weighted by atomic mass is 16.5. The average molecular weight is 396 g/mol. The molecule has 1 atom stereocenters. The van der Waals surface area contributed by atoms with Crippen molar-refractivity contribution in [2.24, 2.45) is 0 Å².